The minimum absolute atomic E-state index is 0.0113. The van der Waals surface area contributed by atoms with Gasteiger partial charge in [-0.25, -0.2) is 22.2 Å². The van der Waals surface area contributed by atoms with Gasteiger partial charge in [0.15, 0.2) is 5.82 Å². The Morgan fingerprint density at radius 3 is 2.67 bits per heavy atom. The number of ketones is 1. The van der Waals surface area contributed by atoms with Crippen molar-refractivity contribution in [3.63, 3.8) is 0 Å². The molecule has 30 heavy (non-hydrogen) atoms. The molecule has 4 aromatic rings. The third-order valence-corrected chi connectivity index (χ3v) is 6.02. The first kappa shape index (κ1) is 19.8. The number of hydrogen-bond donors (Lipinski definition) is 2. The van der Waals surface area contributed by atoms with Crippen LogP contribution >= 0.6 is 0 Å². The highest BCUT2D eigenvalue weighted by molar-refractivity contribution is 7.92. The van der Waals surface area contributed by atoms with Crippen LogP contribution in [0.15, 0.2) is 52.0 Å². The van der Waals surface area contributed by atoms with Crippen molar-refractivity contribution in [3.8, 4) is 0 Å². The van der Waals surface area contributed by atoms with Crippen LogP contribution in [0.4, 0.5) is 14.5 Å². The van der Waals surface area contributed by atoms with Crippen molar-refractivity contribution < 1.29 is 26.4 Å². The van der Waals surface area contributed by atoms with Gasteiger partial charge in [-0.1, -0.05) is 0 Å². The van der Waals surface area contributed by atoms with E-state index >= 15 is 4.39 Å². The van der Waals surface area contributed by atoms with Crippen LogP contribution in [0.2, 0.25) is 0 Å². The molecule has 0 saturated heterocycles. The molecule has 0 aliphatic heterocycles. The number of H-pyrrole nitrogens is 1. The lowest BCUT2D eigenvalue weighted by molar-refractivity contribution is 0.103. The number of benzene rings is 1. The van der Waals surface area contributed by atoms with Crippen molar-refractivity contribution in [3.05, 3.63) is 77.0 Å². The van der Waals surface area contributed by atoms with E-state index in [0.717, 1.165) is 12.1 Å². The molecule has 0 atom stereocenters. The first-order valence-corrected chi connectivity index (χ1v) is 10.2. The Hall–Kier alpha value is -3.53. The number of rotatable bonds is 5. The number of aromatic nitrogens is 2. The van der Waals surface area contributed by atoms with Gasteiger partial charge in [-0.3, -0.25) is 9.52 Å². The van der Waals surface area contributed by atoms with Crippen LogP contribution in [0, 0.1) is 25.5 Å². The van der Waals surface area contributed by atoms with Gasteiger partial charge in [0, 0.05) is 29.4 Å². The summed E-state index contributed by atoms with van der Waals surface area (Å²) in [6.45, 7) is 3.01. The lowest BCUT2D eigenvalue weighted by Crippen LogP contribution is -2.16. The van der Waals surface area contributed by atoms with E-state index in [9.17, 15) is 17.6 Å². The molecule has 3 heterocycles. The quantitative estimate of drug-likeness (QED) is 0.463. The third kappa shape index (κ3) is 3.24. The van der Waals surface area contributed by atoms with Crippen LogP contribution in [0.25, 0.3) is 11.0 Å². The molecule has 0 saturated carbocycles. The Labute approximate surface area is 169 Å². The number of furan rings is 1. The molecule has 0 radical (unpaired) electrons. The van der Waals surface area contributed by atoms with E-state index in [1.54, 1.807) is 19.1 Å². The van der Waals surface area contributed by atoms with Gasteiger partial charge in [0.1, 0.15) is 27.9 Å². The Bertz CT molecular complexity index is 1410. The van der Waals surface area contributed by atoms with Crippen LogP contribution in [0.1, 0.15) is 27.4 Å². The highest BCUT2D eigenvalue weighted by Crippen LogP contribution is 2.29. The van der Waals surface area contributed by atoms with Crippen molar-refractivity contribution in [2.45, 2.75) is 18.7 Å². The molecule has 0 amide bonds. The minimum atomic E-state index is -4.22. The Morgan fingerprint density at radius 2 is 1.97 bits per heavy atom. The Balaban J connectivity index is 1.77. The van der Waals surface area contributed by atoms with Crippen molar-refractivity contribution in [2.75, 3.05) is 4.72 Å². The molecule has 3 aromatic heterocycles. The van der Waals surface area contributed by atoms with E-state index in [1.807, 2.05) is 0 Å². The molecule has 0 aliphatic carbocycles. The smallest absolute Gasteiger partial charge is 0.265 e. The lowest BCUT2D eigenvalue weighted by Gasteiger charge is -2.11. The molecule has 7 nitrogen and oxygen atoms in total. The standard InChI is InChI=1S/C20H15F2N3O4S/c1-10-8-16(11(2)29-10)30(27,28)25-15-6-5-14(21)17(18(15)22)19(26)13-9-24-20-12(13)4-3-7-23-20/h3-9,25H,1-2H3,(H,23,24). The monoisotopic (exact) mass is 431 g/mol. The normalized spacial score (nSPS) is 11.7. The summed E-state index contributed by atoms with van der Waals surface area (Å²) in [6.07, 6.45) is 2.80. The van der Waals surface area contributed by atoms with Crippen molar-refractivity contribution >= 4 is 32.5 Å². The number of pyridine rings is 1. The van der Waals surface area contributed by atoms with Crippen molar-refractivity contribution in [1.82, 2.24) is 9.97 Å². The zero-order chi connectivity index (χ0) is 21.6. The summed E-state index contributed by atoms with van der Waals surface area (Å²) in [7, 11) is -4.22. The zero-order valence-electron chi connectivity index (χ0n) is 15.8. The van der Waals surface area contributed by atoms with Gasteiger partial charge in [-0.15, -0.1) is 0 Å². The third-order valence-electron chi connectivity index (χ3n) is 4.54. The molecule has 2 N–H and O–H groups in total. The number of anilines is 1. The fourth-order valence-electron chi connectivity index (χ4n) is 3.19. The molecule has 1 aromatic carbocycles. The second kappa shape index (κ2) is 7.06. The molecule has 0 unspecified atom stereocenters. The van der Waals surface area contributed by atoms with Gasteiger partial charge in [-0.05, 0) is 38.1 Å². The summed E-state index contributed by atoms with van der Waals surface area (Å²) in [6, 6.07) is 6.19. The maximum atomic E-state index is 15.1. The topological polar surface area (TPSA) is 105 Å². The zero-order valence-corrected chi connectivity index (χ0v) is 16.6. The van der Waals surface area contributed by atoms with Crippen molar-refractivity contribution in [1.29, 1.82) is 0 Å². The highest BCUT2D eigenvalue weighted by Gasteiger charge is 2.27. The molecule has 4 rings (SSSR count). The number of nitrogens with zero attached hydrogens (tertiary/aromatic N) is 1. The number of carbonyl (C=O) groups excluding carboxylic acids is 1. The minimum Gasteiger partial charge on any atom is -0.465 e. The van der Waals surface area contributed by atoms with Crippen LogP contribution in [0.5, 0.6) is 0 Å². The number of aryl methyl sites for hydroxylation is 2. The van der Waals surface area contributed by atoms with Crippen molar-refractivity contribution in [2.24, 2.45) is 0 Å². The summed E-state index contributed by atoms with van der Waals surface area (Å²) in [4.78, 5) is 19.5. The van der Waals surface area contributed by atoms with Gasteiger partial charge in [0.2, 0.25) is 5.78 Å². The number of halogens is 2. The molecule has 0 aliphatic rings. The fraction of sp³-hybridized carbons (Fsp3) is 0.100. The predicted octanol–water partition coefficient (Wildman–Crippen LogP) is 4.08. The molecular weight excluding hydrogens is 416 g/mol. The van der Waals surface area contributed by atoms with Gasteiger partial charge in [0.25, 0.3) is 10.0 Å². The molecular formula is C20H15F2N3O4S. The molecule has 154 valence electrons. The first-order chi connectivity index (χ1) is 14.2. The van der Waals surface area contributed by atoms with Crippen LogP contribution < -0.4 is 4.72 Å². The van der Waals surface area contributed by atoms with Gasteiger partial charge in [-0.2, -0.15) is 0 Å². The summed E-state index contributed by atoms with van der Waals surface area (Å²) in [5.41, 5.74) is -1.04. The number of aromatic amines is 1. The summed E-state index contributed by atoms with van der Waals surface area (Å²) < 4.78 is 62.0. The molecule has 10 heteroatoms. The lowest BCUT2D eigenvalue weighted by atomic mass is 10.0. The maximum absolute atomic E-state index is 15.1. The Kier molecular flexibility index (Phi) is 4.65. The summed E-state index contributed by atoms with van der Waals surface area (Å²) in [5, 5.41) is 0.386. The van der Waals surface area contributed by atoms with E-state index in [2.05, 4.69) is 14.7 Å². The maximum Gasteiger partial charge on any atom is 0.265 e. The van der Waals surface area contributed by atoms with Gasteiger partial charge in [0.05, 0.1) is 11.3 Å². The van der Waals surface area contributed by atoms with Crippen LogP contribution in [0.3, 0.4) is 0 Å². The van der Waals surface area contributed by atoms with E-state index in [0.29, 0.717) is 16.8 Å². The van der Waals surface area contributed by atoms with Crippen LogP contribution in [-0.2, 0) is 10.0 Å². The van der Waals surface area contributed by atoms with E-state index in [4.69, 9.17) is 4.42 Å². The van der Waals surface area contributed by atoms with E-state index in [-0.39, 0.29) is 16.2 Å². The van der Waals surface area contributed by atoms with Gasteiger partial charge < -0.3 is 9.40 Å². The SMILES string of the molecule is Cc1cc(S(=O)(=O)Nc2ccc(F)c(C(=O)c3c[nH]c4ncccc34)c2F)c(C)o1. The predicted molar refractivity (Wildman–Crippen MR) is 105 cm³/mol. The number of nitrogens with one attached hydrogen (secondary N) is 2. The first-order valence-electron chi connectivity index (χ1n) is 8.73. The summed E-state index contributed by atoms with van der Waals surface area (Å²) >= 11 is 0. The fourth-order valence-corrected chi connectivity index (χ4v) is 4.49. The highest BCUT2D eigenvalue weighted by atomic mass is 32.2. The second-order valence-corrected chi connectivity index (χ2v) is 8.25. The van der Waals surface area contributed by atoms with E-state index in [1.165, 1.54) is 25.4 Å². The number of carbonyl (C=O) groups is 1. The Morgan fingerprint density at radius 1 is 1.20 bits per heavy atom. The second-order valence-electron chi connectivity index (χ2n) is 6.60. The number of hydrogen-bond acceptors (Lipinski definition) is 5. The number of fused-ring (bicyclic) bond motifs is 1. The molecule has 0 spiro atoms. The number of sulfonamides is 1. The van der Waals surface area contributed by atoms with E-state index < -0.39 is 38.7 Å². The molecule has 0 bridgehead atoms. The largest absolute Gasteiger partial charge is 0.465 e. The molecule has 0 fully saturated rings. The van der Waals surface area contributed by atoms with Crippen LogP contribution in [-0.4, -0.2) is 24.2 Å². The average Bonchev–Trinajstić information content (AvgIpc) is 3.27. The summed E-state index contributed by atoms with van der Waals surface area (Å²) in [5.74, 6) is -2.91. The van der Waals surface area contributed by atoms with Gasteiger partial charge >= 0.3 is 0 Å². The average molecular weight is 431 g/mol.